The molecule has 2 aromatic carbocycles. The third kappa shape index (κ3) is 4.66. The molecular weight excluding hydrogens is 286 g/mol. The molecule has 1 atom stereocenters. The Labute approximate surface area is 130 Å². The van der Waals surface area contributed by atoms with Crippen LogP contribution in [0.2, 0.25) is 5.02 Å². The quantitative estimate of drug-likeness (QED) is 0.853. The highest BCUT2D eigenvalue weighted by molar-refractivity contribution is 6.31. The summed E-state index contributed by atoms with van der Waals surface area (Å²) in [4.78, 5) is 0. The lowest BCUT2D eigenvalue weighted by molar-refractivity contribution is 0.117. The van der Waals surface area contributed by atoms with Crippen LogP contribution >= 0.6 is 11.6 Å². The summed E-state index contributed by atoms with van der Waals surface area (Å²) in [5, 5.41) is 13.9. The van der Waals surface area contributed by atoms with Crippen molar-refractivity contribution in [3.8, 4) is 5.75 Å². The average Bonchev–Trinajstić information content (AvgIpc) is 2.47. The minimum Gasteiger partial charge on any atom is -0.491 e. The van der Waals surface area contributed by atoms with Crippen molar-refractivity contribution in [1.82, 2.24) is 0 Å². The Bertz CT molecular complexity index is 601. The predicted molar refractivity (Wildman–Crippen MR) is 87.4 cm³/mol. The van der Waals surface area contributed by atoms with Gasteiger partial charge in [0.1, 0.15) is 18.5 Å². The number of anilines is 1. The fraction of sp³-hybridized carbons (Fsp3) is 0.294. The van der Waals surface area contributed by atoms with Crippen LogP contribution in [0, 0.1) is 13.8 Å². The molecule has 0 fully saturated rings. The minimum absolute atomic E-state index is 0.246. The highest BCUT2D eigenvalue weighted by Crippen LogP contribution is 2.22. The Morgan fingerprint density at radius 3 is 2.71 bits per heavy atom. The van der Waals surface area contributed by atoms with E-state index in [4.69, 9.17) is 16.3 Å². The van der Waals surface area contributed by atoms with Crippen LogP contribution in [0.5, 0.6) is 5.75 Å². The second-order valence-electron chi connectivity index (χ2n) is 5.07. The molecule has 1 unspecified atom stereocenters. The van der Waals surface area contributed by atoms with E-state index in [1.807, 2.05) is 56.3 Å². The number of halogens is 1. The lowest BCUT2D eigenvalue weighted by Gasteiger charge is -2.16. The molecule has 2 aromatic rings. The van der Waals surface area contributed by atoms with E-state index in [9.17, 15) is 5.11 Å². The zero-order valence-corrected chi connectivity index (χ0v) is 13.0. The zero-order chi connectivity index (χ0) is 15.2. The Hall–Kier alpha value is -1.71. The first-order chi connectivity index (χ1) is 10.1. The summed E-state index contributed by atoms with van der Waals surface area (Å²) in [6.07, 6.45) is -0.594. The molecule has 2 N–H and O–H groups in total. The van der Waals surface area contributed by atoms with Gasteiger partial charge in [-0.1, -0.05) is 29.8 Å². The summed E-state index contributed by atoms with van der Waals surface area (Å²) >= 11 is 6.06. The SMILES string of the molecule is Cc1cccc(OCC(O)CNc2cccc(Cl)c2C)c1. The number of hydrogen-bond acceptors (Lipinski definition) is 3. The topological polar surface area (TPSA) is 41.5 Å². The maximum atomic E-state index is 9.98. The van der Waals surface area contributed by atoms with Crippen molar-refractivity contribution in [1.29, 1.82) is 0 Å². The molecule has 0 aliphatic carbocycles. The van der Waals surface area contributed by atoms with E-state index in [2.05, 4.69) is 5.32 Å². The van der Waals surface area contributed by atoms with Crippen LogP contribution in [-0.4, -0.2) is 24.4 Å². The fourth-order valence-electron chi connectivity index (χ4n) is 1.98. The molecule has 0 bridgehead atoms. The van der Waals surface area contributed by atoms with Gasteiger partial charge >= 0.3 is 0 Å². The number of nitrogens with one attached hydrogen (secondary N) is 1. The fourth-order valence-corrected chi connectivity index (χ4v) is 2.16. The molecular formula is C17H20ClNO2. The molecule has 0 radical (unpaired) electrons. The Balaban J connectivity index is 1.82. The van der Waals surface area contributed by atoms with Gasteiger partial charge in [-0.15, -0.1) is 0 Å². The molecule has 0 heterocycles. The van der Waals surface area contributed by atoms with E-state index >= 15 is 0 Å². The molecule has 0 aliphatic heterocycles. The van der Waals surface area contributed by atoms with E-state index in [1.165, 1.54) is 0 Å². The third-order valence-corrected chi connectivity index (χ3v) is 3.64. The first-order valence-corrected chi connectivity index (χ1v) is 7.30. The van der Waals surface area contributed by atoms with Gasteiger partial charge in [-0.25, -0.2) is 0 Å². The standard InChI is InChI=1S/C17H20ClNO2/c1-12-5-3-6-15(9-12)21-11-14(20)10-19-17-8-4-7-16(18)13(17)2/h3-9,14,19-20H,10-11H2,1-2H3. The second kappa shape index (κ2) is 7.34. The monoisotopic (exact) mass is 305 g/mol. The van der Waals surface area contributed by atoms with E-state index in [0.717, 1.165) is 22.6 Å². The molecule has 0 aliphatic rings. The Morgan fingerprint density at radius 2 is 1.95 bits per heavy atom. The molecule has 3 nitrogen and oxygen atoms in total. The Kier molecular flexibility index (Phi) is 5.48. The van der Waals surface area contributed by atoms with Gasteiger partial charge in [-0.2, -0.15) is 0 Å². The number of benzene rings is 2. The largest absolute Gasteiger partial charge is 0.491 e. The number of hydrogen-bond donors (Lipinski definition) is 2. The predicted octanol–water partition coefficient (Wildman–Crippen LogP) is 3.81. The van der Waals surface area contributed by atoms with Crippen molar-refractivity contribution in [2.45, 2.75) is 20.0 Å². The van der Waals surface area contributed by atoms with Crippen molar-refractivity contribution >= 4 is 17.3 Å². The van der Waals surface area contributed by atoms with Crippen molar-refractivity contribution in [2.24, 2.45) is 0 Å². The summed E-state index contributed by atoms with van der Waals surface area (Å²) in [5.41, 5.74) is 3.04. The average molecular weight is 306 g/mol. The van der Waals surface area contributed by atoms with Gasteiger partial charge in [0.25, 0.3) is 0 Å². The summed E-state index contributed by atoms with van der Waals surface area (Å²) in [5.74, 6) is 0.771. The van der Waals surface area contributed by atoms with Crippen LogP contribution in [0.15, 0.2) is 42.5 Å². The van der Waals surface area contributed by atoms with E-state index in [0.29, 0.717) is 11.6 Å². The summed E-state index contributed by atoms with van der Waals surface area (Å²) in [7, 11) is 0. The van der Waals surface area contributed by atoms with Crippen LogP contribution in [0.3, 0.4) is 0 Å². The number of rotatable bonds is 6. The number of aliphatic hydroxyl groups excluding tert-OH is 1. The van der Waals surface area contributed by atoms with Crippen molar-refractivity contribution in [3.63, 3.8) is 0 Å². The zero-order valence-electron chi connectivity index (χ0n) is 12.3. The van der Waals surface area contributed by atoms with Crippen molar-refractivity contribution in [3.05, 3.63) is 58.6 Å². The van der Waals surface area contributed by atoms with E-state index < -0.39 is 6.10 Å². The molecule has 21 heavy (non-hydrogen) atoms. The van der Waals surface area contributed by atoms with Gasteiger partial charge in [0, 0.05) is 17.3 Å². The summed E-state index contributed by atoms with van der Waals surface area (Å²) < 4.78 is 5.57. The molecule has 0 amide bonds. The van der Waals surface area contributed by atoms with E-state index in [-0.39, 0.29) is 6.61 Å². The normalized spacial score (nSPS) is 12.0. The van der Waals surface area contributed by atoms with Gasteiger partial charge in [0.15, 0.2) is 0 Å². The first-order valence-electron chi connectivity index (χ1n) is 6.93. The van der Waals surface area contributed by atoms with Crippen LogP contribution < -0.4 is 10.1 Å². The molecule has 4 heteroatoms. The highest BCUT2D eigenvalue weighted by Gasteiger charge is 2.07. The van der Waals surface area contributed by atoms with Gasteiger partial charge in [-0.3, -0.25) is 0 Å². The van der Waals surface area contributed by atoms with Gasteiger partial charge in [0.05, 0.1) is 0 Å². The molecule has 0 spiro atoms. The Morgan fingerprint density at radius 1 is 1.19 bits per heavy atom. The van der Waals surface area contributed by atoms with Crippen LogP contribution in [-0.2, 0) is 0 Å². The summed E-state index contributed by atoms with van der Waals surface area (Å²) in [6.45, 7) is 4.61. The number of aryl methyl sites for hydroxylation is 1. The smallest absolute Gasteiger partial charge is 0.119 e. The van der Waals surface area contributed by atoms with Gasteiger partial charge < -0.3 is 15.2 Å². The maximum absolute atomic E-state index is 9.98. The second-order valence-corrected chi connectivity index (χ2v) is 5.48. The van der Waals surface area contributed by atoms with Gasteiger partial charge in [0.2, 0.25) is 0 Å². The first kappa shape index (κ1) is 15.7. The molecule has 0 saturated carbocycles. The van der Waals surface area contributed by atoms with Crippen LogP contribution in [0.1, 0.15) is 11.1 Å². The number of aliphatic hydroxyl groups is 1. The van der Waals surface area contributed by atoms with Crippen molar-refractivity contribution < 1.29 is 9.84 Å². The lowest BCUT2D eigenvalue weighted by atomic mass is 10.2. The van der Waals surface area contributed by atoms with Gasteiger partial charge in [-0.05, 0) is 49.2 Å². The van der Waals surface area contributed by atoms with E-state index in [1.54, 1.807) is 0 Å². The molecule has 112 valence electrons. The molecule has 0 saturated heterocycles. The maximum Gasteiger partial charge on any atom is 0.119 e. The van der Waals surface area contributed by atoms with Crippen LogP contribution in [0.4, 0.5) is 5.69 Å². The lowest BCUT2D eigenvalue weighted by Crippen LogP contribution is -2.26. The summed E-state index contributed by atoms with van der Waals surface area (Å²) in [6, 6.07) is 13.4. The third-order valence-electron chi connectivity index (χ3n) is 3.23. The molecule has 2 rings (SSSR count). The number of ether oxygens (including phenoxy) is 1. The van der Waals surface area contributed by atoms with Crippen molar-refractivity contribution in [2.75, 3.05) is 18.5 Å². The van der Waals surface area contributed by atoms with Crippen LogP contribution in [0.25, 0.3) is 0 Å². The highest BCUT2D eigenvalue weighted by atomic mass is 35.5. The minimum atomic E-state index is -0.594. The molecule has 0 aromatic heterocycles.